The minimum Gasteiger partial charge on any atom is -0.507 e. The maximum Gasteiger partial charge on any atom is 0.351 e. The summed E-state index contributed by atoms with van der Waals surface area (Å²) in [6.45, 7) is 9.67. The third kappa shape index (κ3) is 4.53. The number of carbonyl (C=O) groups excluding carboxylic acids is 1. The predicted octanol–water partition coefficient (Wildman–Crippen LogP) is 4.93. The van der Waals surface area contributed by atoms with Crippen molar-refractivity contribution in [3.63, 3.8) is 0 Å². The second-order valence-corrected chi connectivity index (χ2v) is 11.1. The fraction of sp³-hybridized carbons (Fsp3) is 0.429. The second-order valence-electron chi connectivity index (χ2n) is 10.7. The first kappa shape index (κ1) is 26.2. The van der Waals surface area contributed by atoms with Crippen molar-refractivity contribution in [3.8, 4) is 17.0 Å². The Morgan fingerprint density at radius 1 is 1.21 bits per heavy atom. The highest BCUT2D eigenvalue weighted by molar-refractivity contribution is 6.34. The van der Waals surface area contributed by atoms with E-state index in [4.69, 9.17) is 16.6 Å². The normalized spacial score (nSPS) is 19.5. The first-order valence-corrected chi connectivity index (χ1v) is 13.3. The van der Waals surface area contributed by atoms with E-state index in [1.165, 1.54) is 24.3 Å². The molecule has 1 N–H and O–H groups in total. The number of piperazine rings is 1. The van der Waals surface area contributed by atoms with Crippen molar-refractivity contribution in [2.45, 2.75) is 45.6 Å². The Morgan fingerprint density at radius 2 is 1.95 bits per heavy atom. The van der Waals surface area contributed by atoms with Gasteiger partial charge in [-0.25, -0.2) is 14.2 Å². The highest BCUT2D eigenvalue weighted by Gasteiger charge is 2.36. The van der Waals surface area contributed by atoms with Gasteiger partial charge in [0.25, 0.3) is 0 Å². The Hall–Kier alpha value is -3.46. The number of phenols is 1. The lowest BCUT2D eigenvalue weighted by Gasteiger charge is -2.40. The molecular formula is C28H31ClFN5O3. The number of anilines is 1. The van der Waals surface area contributed by atoms with Crippen molar-refractivity contribution in [2.75, 3.05) is 31.1 Å². The van der Waals surface area contributed by atoms with Crippen LogP contribution in [0.5, 0.6) is 5.75 Å². The molecule has 1 saturated heterocycles. The number of carbonyl (C=O) groups is 1. The molecule has 3 heterocycles. The molecule has 200 valence electrons. The van der Waals surface area contributed by atoms with E-state index < -0.39 is 11.5 Å². The zero-order valence-electron chi connectivity index (χ0n) is 21.6. The molecule has 3 aromatic rings. The first-order valence-electron chi connectivity index (χ1n) is 12.9. The van der Waals surface area contributed by atoms with Crippen molar-refractivity contribution in [1.29, 1.82) is 0 Å². The van der Waals surface area contributed by atoms with Gasteiger partial charge in [0.2, 0.25) is 5.91 Å². The monoisotopic (exact) mass is 539 g/mol. The molecule has 1 aliphatic heterocycles. The summed E-state index contributed by atoms with van der Waals surface area (Å²) in [7, 11) is 0. The summed E-state index contributed by atoms with van der Waals surface area (Å²) < 4.78 is 16.5. The molecule has 38 heavy (non-hydrogen) atoms. The molecule has 0 bridgehead atoms. The van der Waals surface area contributed by atoms with Crippen LogP contribution < -0.4 is 10.6 Å². The molecular weight excluding hydrogens is 509 g/mol. The molecule has 0 spiro atoms. The predicted molar refractivity (Wildman–Crippen MR) is 146 cm³/mol. The molecule has 1 atom stereocenters. The van der Waals surface area contributed by atoms with Crippen LogP contribution in [0.15, 0.2) is 41.7 Å². The second kappa shape index (κ2) is 10.0. The van der Waals surface area contributed by atoms with Gasteiger partial charge in [-0.05, 0) is 42.5 Å². The van der Waals surface area contributed by atoms with Gasteiger partial charge in [-0.1, -0.05) is 50.9 Å². The van der Waals surface area contributed by atoms with Gasteiger partial charge in [0.1, 0.15) is 23.0 Å². The van der Waals surface area contributed by atoms with E-state index in [1.54, 1.807) is 15.5 Å². The molecule has 2 fully saturated rings. The van der Waals surface area contributed by atoms with Crippen LogP contribution in [-0.2, 0) is 4.79 Å². The Morgan fingerprint density at radius 3 is 2.61 bits per heavy atom. The van der Waals surface area contributed by atoms with Crippen molar-refractivity contribution in [1.82, 2.24) is 19.4 Å². The van der Waals surface area contributed by atoms with Crippen LogP contribution in [0.3, 0.4) is 0 Å². The Balaban J connectivity index is 1.72. The fourth-order valence-electron chi connectivity index (χ4n) is 5.79. The van der Waals surface area contributed by atoms with Crippen LogP contribution in [-0.4, -0.2) is 56.6 Å². The highest BCUT2D eigenvalue weighted by Crippen LogP contribution is 2.45. The summed E-state index contributed by atoms with van der Waals surface area (Å²) in [6.07, 6.45) is 5.07. The van der Waals surface area contributed by atoms with Crippen LogP contribution in [0.4, 0.5) is 10.2 Å². The van der Waals surface area contributed by atoms with Crippen molar-refractivity contribution in [2.24, 2.45) is 5.41 Å². The van der Waals surface area contributed by atoms with Gasteiger partial charge in [0.05, 0.1) is 21.7 Å². The number of phenolic OH excluding ortho intramolecular Hbond substituents is 1. The smallest absolute Gasteiger partial charge is 0.351 e. The SMILES string of the molecule is C=CC(=O)N1CCN(c2nc(=O)n([C@@H]3CCCCC3(C)C)c3nc(-c4c(O)cccc4F)c(Cl)cc23)CC1. The molecule has 1 aliphatic carbocycles. The van der Waals surface area contributed by atoms with Crippen LogP contribution in [0.25, 0.3) is 22.3 Å². The summed E-state index contributed by atoms with van der Waals surface area (Å²) in [5, 5.41) is 11.2. The minimum atomic E-state index is -0.664. The maximum atomic E-state index is 14.9. The van der Waals surface area contributed by atoms with E-state index in [0.29, 0.717) is 43.0 Å². The molecule has 5 rings (SSSR count). The average Bonchev–Trinajstić information content (AvgIpc) is 2.89. The molecule has 0 radical (unpaired) electrons. The van der Waals surface area contributed by atoms with Crippen LogP contribution >= 0.6 is 11.6 Å². The van der Waals surface area contributed by atoms with Crippen molar-refractivity contribution < 1.29 is 14.3 Å². The van der Waals surface area contributed by atoms with E-state index in [0.717, 1.165) is 25.7 Å². The lowest BCUT2D eigenvalue weighted by molar-refractivity contribution is -0.126. The van der Waals surface area contributed by atoms with Gasteiger partial charge in [-0.15, -0.1) is 0 Å². The summed E-state index contributed by atoms with van der Waals surface area (Å²) in [5.41, 5.74) is -0.315. The topological polar surface area (TPSA) is 91.6 Å². The Bertz CT molecular complexity index is 1460. The molecule has 1 amide bonds. The van der Waals surface area contributed by atoms with Crippen LogP contribution in [0.1, 0.15) is 45.6 Å². The van der Waals surface area contributed by atoms with Gasteiger partial charge >= 0.3 is 5.69 Å². The molecule has 10 heteroatoms. The van der Waals surface area contributed by atoms with E-state index >= 15 is 0 Å². The number of hydrogen-bond acceptors (Lipinski definition) is 6. The largest absolute Gasteiger partial charge is 0.507 e. The number of pyridine rings is 1. The average molecular weight is 540 g/mol. The third-order valence-electron chi connectivity index (χ3n) is 7.89. The lowest BCUT2D eigenvalue weighted by atomic mass is 9.73. The molecule has 2 aliphatic rings. The third-order valence-corrected chi connectivity index (χ3v) is 8.18. The quantitative estimate of drug-likeness (QED) is 0.473. The summed E-state index contributed by atoms with van der Waals surface area (Å²) in [6, 6.07) is 5.50. The summed E-state index contributed by atoms with van der Waals surface area (Å²) >= 11 is 6.67. The molecule has 8 nitrogen and oxygen atoms in total. The number of aromatic nitrogens is 3. The lowest BCUT2D eigenvalue weighted by Crippen LogP contribution is -2.49. The zero-order chi connectivity index (χ0) is 27.2. The first-order chi connectivity index (χ1) is 18.1. The number of aromatic hydroxyl groups is 1. The Labute approximate surface area is 225 Å². The zero-order valence-corrected chi connectivity index (χ0v) is 22.3. The number of halogens is 2. The van der Waals surface area contributed by atoms with E-state index in [-0.39, 0.29) is 39.4 Å². The summed E-state index contributed by atoms with van der Waals surface area (Å²) in [4.78, 5) is 38.7. The van der Waals surface area contributed by atoms with Gasteiger partial charge in [0.15, 0.2) is 0 Å². The van der Waals surface area contributed by atoms with Crippen LogP contribution in [0.2, 0.25) is 5.02 Å². The molecule has 1 saturated carbocycles. The molecule has 2 aromatic heterocycles. The van der Waals surface area contributed by atoms with Gasteiger partial charge in [-0.2, -0.15) is 4.98 Å². The number of benzene rings is 1. The van der Waals surface area contributed by atoms with Crippen molar-refractivity contribution >= 4 is 34.4 Å². The number of amides is 1. The van der Waals surface area contributed by atoms with Crippen molar-refractivity contribution in [3.05, 3.63) is 58.2 Å². The Kier molecular flexibility index (Phi) is 6.90. The van der Waals surface area contributed by atoms with Gasteiger partial charge in [0, 0.05) is 32.2 Å². The van der Waals surface area contributed by atoms with Gasteiger partial charge < -0.3 is 14.9 Å². The molecule has 0 unspecified atom stereocenters. The van der Waals surface area contributed by atoms with E-state index in [2.05, 4.69) is 25.4 Å². The number of hydrogen-bond donors (Lipinski definition) is 1. The fourth-order valence-corrected chi connectivity index (χ4v) is 6.03. The number of fused-ring (bicyclic) bond motifs is 1. The number of nitrogens with zero attached hydrogens (tertiary/aromatic N) is 5. The summed E-state index contributed by atoms with van der Waals surface area (Å²) in [5.74, 6) is -0.665. The maximum absolute atomic E-state index is 14.9. The van der Waals surface area contributed by atoms with E-state index in [9.17, 15) is 19.1 Å². The minimum absolute atomic E-state index is 0.0649. The standard InChI is InChI=1S/C28H31ClFN5O3/c1-4-22(37)33-12-14-34(15-13-33)25-17-16-18(29)24(23-19(30)8-7-9-20(23)36)31-26(17)35(27(38)32-25)21-10-5-6-11-28(21,2)3/h4,7-9,16,21,36H,1,5-6,10-15H2,2-3H3/t21-/m1/s1. The van der Waals surface area contributed by atoms with Crippen LogP contribution in [0, 0.1) is 11.2 Å². The van der Waals surface area contributed by atoms with Gasteiger partial charge in [-0.3, -0.25) is 9.36 Å². The molecule has 1 aromatic carbocycles. The van der Waals surface area contributed by atoms with E-state index in [1.807, 2.05) is 4.90 Å². The highest BCUT2D eigenvalue weighted by atomic mass is 35.5. The number of rotatable bonds is 4.